The van der Waals surface area contributed by atoms with Gasteiger partial charge in [-0.2, -0.15) is 0 Å². The second-order valence-corrected chi connectivity index (χ2v) is 22.4. The standard InChI is InChI=1S/2C27H31ClFN7O3/c2*1-15-3-5-16(6-4-15)13-36-24-21(32-26(36)35-14-20(38-2)8-19(35)10-29)9-22(25-33-27(37)39-34-25)31-23(24)17-7-18(28)12-30-11-17/h2*7,9,11-12,15-16,19-20H,3-6,8,10,13-14H2,1-2H3,(H,33,34,37)/t15?,16?,19-,20+;15?,16?,19-,20-/m01/s1. The number of ether oxygens (including phenoxy) is 2. The van der Waals surface area contributed by atoms with Gasteiger partial charge in [-0.25, -0.2) is 38.3 Å². The molecule has 20 nitrogen and oxygen atoms in total. The normalized spacial score (nSPS) is 23.6. The SMILES string of the molecule is CO[C@@H]1C[C@@H](CF)N(c2nc3cc(-c4noc(=O)[nH]4)nc(-c4cncc(Cl)c4)c3n2CC2CCC(C)CC2)C1.CO[C@@H]1C[C@H](CF)N(c2nc3cc(-c4noc(=O)[nH]4)nc(-c4cncc(Cl)c4)c3n2CC2CCC(C)CC2)C1. The van der Waals surface area contributed by atoms with Crippen molar-refractivity contribution >= 4 is 57.2 Å². The number of pyridine rings is 4. The first-order chi connectivity index (χ1) is 37.9. The van der Waals surface area contributed by atoms with E-state index in [2.05, 4.69) is 53.2 Å². The highest BCUT2D eigenvalue weighted by Crippen LogP contribution is 2.41. The van der Waals surface area contributed by atoms with Crippen molar-refractivity contribution in [2.24, 2.45) is 23.7 Å². The van der Waals surface area contributed by atoms with Gasteiger partial charge in [0.2, 0.25) is 23.5 Å². The lowest BCUT2D eigenvalue weighted by Crippen LogP contribution is -2.34. The molecule has 12 rings (SSSR count). The van der Waals surface area contributed by atoms with Gasteiger partial charge in [0.25, 0.3) is 0 Å². The lowest BCUT2D eigenvalue weighted by molar-refractivity contribution is 0.117. The number of aromatic amines is 2. The number of nitrogens with one attached hydrogen (secondary N) is 2. The Morgan fingerprint density at radius 1 is 0.603 bits per heavy atom. The van der Waals surface area contributed by atoms with Crippen molar-refractivity contribution in [2.45, 2.75) is 115 Å². The van der Waals surface area contributed by atoms with Crippen LogP contribution in [-0.4, -0.2) is 124 Å². The van der Waals surface area contributed by atoms with E-state index in [-0.39, 0.29) is 35.9 Å². The summed E-state index contributed by atoms with van der Waals surface area (Å²) in [5.41, 5.74) is 6.29. The molecule has 2 saturated carbocycles. The summed E-state index contributed by atoms with van der Waals surface area (Å²) < 4.78 is 53.7. The number of alkyl halides is 2. The minimum atomic E-state index is -0.677. The number of rotatable bonds is 14. The summed E-state index contributed by atoms with van der Waals surface area (Å²) >= 11 is 12.7. The molecule has 24 heteroatoms. The molecule has 0 amide bonds. The van der Waals surface area contributed by atoms with Gasteiger partial charge in [0.05, 0.1) is 67.8 Å². The van der Waals surface area contributed by atoms with Gasteiger partial charge in [-0.1, -0.05) is 73.0 Å². The Bertz CT molecular complexity index is 3280. The van der Waals surface area contributed by atoms with Crippen LogP contribution in [0, 0.1) is 23.7 Å². The number of hydrogen-bond acceptors (Lipinski definition) is 16. The van der Waals surface area contributed by atoms with Crippen LogP contribution in [0.5, 0.6) is 0 Å². The number of methoxy groups -OCH3 is 2. The number of nitrogens with zero attached hydrogens (tertiary/aromatic N) is 12. The monoisotopic (exact) mass is 1110 g/mol. The van der Waals surface area contributed by atoms with E-state index >= 15 is 0 Å². The number of halogens is 4. The van der Waals surface area contributed by atoms with Gasteiger partial charge >= 0.3 is 11.5 Å². The van der Waals surface area contributed by atoms with E-state index < -0.39 is 24.9 Å². The van der Waals surface area contributed by atoms with Crippen LogP contribution in [0.1, 0.15) is 78.1 Å². The molecule has 8 aromatic rings. The summed E-state index contributed by atoms with van der Waals surface area (Å²) in [7, 11) is 3.32. The molecule has 0 unspecified atom stereocenters. The number of hydrogen-bond donors (Lipinski definition) is 2. The molecule has 412 valence electrons. The molecule has 4 fully saturated rings. The highest BCUT2D eigenvalue weighted by Gasteiger charge is 2.39. The number of H-pyrrole nitrogens is 2. The zero-order valence-corrected chi connectivity index (χ0v) is 45.4. The molecule has 0 spiro atoms. The Balaban J connectivity index is 0.000000165. The highest BCUT2D eigenvalue weighted by molar-refractivity contribution is 6.31. The Labute approximate surface area is 457 Å². The number of anilines is 2. The van der Waals surface area contributed by atoms with Gasteiger partial charge in [-0.15, -0.1) is 0 Å². The molecular weight excluding hydrogens is 1050 g/mol. The lowest BCUT2D eigenvalue weighted by atomic mass is 9.83. The molecule has 4 atom stereocenters. The Kier molecular flexibility index (Phi) is 15.7. The summed E-state index contributed by atoms with van der Waals surface area (Å²) in [6.45, 7) is 6.15. The van der Waals surface area contributed by atoms with Crippen LogP contribution < -0.4 is 21.3 Å². The first kappa shape index (κ1) is 53.4. The minimum absolute atomic E-state index is 0.0833. The molecule has 2 N–H and O–H groups in total. The second kappa shape index (κ2) is 23.0. The Hall–Kier alpha value is -6.62. The maximum absolute atomic E-state index is 14.3. The molecular formula is C54H62Cl2F2N14O6. The fourth-order valence-electron chi connectivity index (χ4n) is 11.9. The summed E-state index contributed by atoms with van der Waals surface area (Å²) in [4.78, 5) is 61.1. The largest absolute Gasteiger partial charge is 0.439 e. The zero-order chi connectivity index (χ0) is 54.2. The molecule has 0 aromatic carbocycles. The second-order valence-electron chi connectivity index (χ2n) is 21.5. The van der Waals surface area contributed by atoms with Crippen LogP contribution in [0.2, 0.25) is 10.0 Å². The molecule has 2 aliphatic carbocycles. The third-order valence-electron chi connectivity index (χ3n) is 16.2. The van der Waals surface area contributed by atoms with Crippen LogP contribution in [0.25, 0.3) is 67.6 Å². The zero-order valence-electron chi connectivity index (χ0n) is 43.9. The average Bonchev–Trinajstić information content (AvgIpc) is 4.52. The number of fused-ring (bicyclic) bond motifs is 2. The fourth-order valence-corrected chi connectivity index (χ4v) is 12.2. The van der Waals surface area contributed by atoms with E-state index in [1.54, 1.807) is 63.3 Å². The van der Waals surface area contributed by atoms with Crippen LogP contribution >= 0.6 is 23.2 Å². The van der Waals surface area contributed by atoms with E-state index in [4.69, 9.17) is 61.7 Å². The van der Waals surface area contributed by atoms with Gasteiger partial charge < -0.3 is 28.4 Å². The first-order valence-corrected chi connectivity index (χ1v) is 27.5. The Morgan fingerprint density at radius 3 is 1.36 bits per heavy atom. The third kappa shape index (κ3) is 11.0. The van der Waals surface area contributed by atoms with Crippen LogP contribution in [-0.2, 0) is 22.6 Å². The fraction of sp³-hybridized carbons (Fsp3) is 0.519. The smallest absolute Gasteiger partial charge is 0.380 e. The molecule has 0 radical (unpaired) electrons. The minimum Gasteiger partial charge on any atom is -0.380 e. The Morgan fingerprint density at radius 2 is 1.01 bits per heavy atom. The van der Waals surface area contributed by atoms with Gasteiger partial charge in [-0.05, 0) is 86.5 Å². The van der Waals surface area contributed by atoms with E-state index in [1.807, 2.05) is 9.80 Å². The predicted molar refractivity (Wildman–Crippen MR) is 291 cm³/mol. The summed E-state index contributed by atoms with van der Waals surface area (Å²) in [6.07, 6.45) is 16.7. The summed E-state index contributed by atoms with van der Waals surface area (Å²) in [6, 6.07) is 6.47. The van der Waals surface area contributed by atoms with Gasteiger partial charge in [-0.3, -0.25) is 29.0 Å². The maximum atomic E-state index is 14.3. The third-order valence-corrected chi connectivity index (χ3v) is 16.6. The topological polar surface area (TPSA) is 230 Å². The molecule has 4 aliphatic rings. The highest BCUT2D eigenvalue weighted by atomic mass is 35.5. The van der Waals surface area contributed by atoms with E-state index in [0.717, 1.165) is 61.6 Å². The van der Waals surface area contributed by atoms with E-state index in [9.17, 15) is 18.4 Å². The molecule has 2 saturated heterocycles. The van der Waals surface area contributed by atoms with Crippen molar-refractivity contribution < 1.29 is 27.3 Å². The predicted octanol–water partition coefficient (Wildman–Crippen LogP) is 9.76. The number of aromatic nitrogens is 12. The first-order valence-electron chi connectivity index (χ1n) is 26.7. The van der Waals surface area contributed by atoms with Gasteiger partial charge in [0, 0.05) is 76.3 Å². The number of imidazole rings is 2. The van der Waals surface area contributed by atoms with E-state index in [0.29, 0.717) is 105 Å². The quantitative estimate of drug-likeness (QED) is 0.103. The summed E-state index contributed by atoms with van der Waals surface area (Å²) in [5, 5.41) is 8.62. The average molecular weight is 1110 g/mol. The van der Waals surface area contributed by atoms with Crippen molar-refractivity contribution in [1.82, 2.24) is 59.3 Å². The van der Waals surface area contributed by atoms with Crippen LogP contribution in [0.4, 0.5) is 20.7 Å². The maximum Gasteiger partial charge on any atom is 0.439 e. The van der Waals surface area contributed by atoms with Gasteiger partial charge in [0.15, 0.2) is 0 Å². The van der Waals surface area contributed by atoms with Crippen LogP contribution in [0.3, 0.4) is 0 Å². The van der Waals surface area contributed by atoms with Crippen LogP contribution in [0.15, 0.2) is 67.7 Å². The van der Waals surface area contributed by atoms with Crippen molar-refractivity contribution in [3.8, 4) is 45.6 Å². The lowest BCUT2D eigenvalue weighted by Gasteiger charge is -2.29. The van der Waals surface area contributed by atoms with Crippen molar-refractivity contribution in [3.63, 3.8) is 0 Å². The van der Waals surface area contributed by atoms with Crippen molar-refractivity contribution in [1.29, 1.82) is 0 Å². The van der Waals surface area contributed by atoms with E-state index in [1.165, 1.54) is 25.7 Å². The molecule has 8 aromatic heterocycles. The molecule has 78 heavy (non-hydrogen) atoms. The van der Waals surface area contributed by atoms with Gasteiger partial charge in [0.1, 0.15) is 24.7 Å². The summed E-state index contributed by atoms with van der Waals surface area (Å²) in [5.74, 6) is 2.77. The molecule has 10 heterocycles. The van der Waals surface area contributed by atoms with Crippen molar-refractivity contribution in [3.05, 3.63) is 80.2 Å². The van der Waals surface area contributed by atoms with Crippen molar-refractivity contribution in [2.75, 3.05) is 50.5 Å². The molecule has 0 bridgehead atoms. The molecule has 2 aliphatic heterocycles.